The molecule has 2 unspecified atom stereocenters. The fraction of sp³-hybridized carbons (Fsp3) is 1.00. The molecule has 2 aliphatic rings. The molecule has 0 bridgehead atoms. The van der Waals surface area contributed by atoms with Gasteiger partial charge in [0.15, 0.2) is 0 Å². The fourth-order valence-corrected chi connectivity index (χ4v) is 3.81. The van der Waals surface area contributed by atoms with Crippen molar-refractivity contribution >= 4 is 0 Å². The Labute approximate surface area is 107 Å². The van der Waals surface area contributed by atoms with Gasteiger partial charge in [0.1, 0.15) is 0 Å². The smallest absolute Gasteiger partial charge is 0.0249 e. The van der Waals surface area contributed by atoms with E-state index in [1.54, 1.807) is 0 Å². The molecule has 0 aromatic carbocycles. The largest absolute Gasteiger partial charge is 0.315 e. The minimum atomic E-state index is 0.531. The molecule has 0 aromatic heterocycles. The summed E-state index contributed by atoms with van der Waals surface area (Å²) in [7, 11) is 2.15. The molecule has 100 valence electrons. The Morgan fingerprint density at radius 2 is 1.82 bits per heavy atom. The summed E-state index contributed by atoms with van der Waals surface area (Å²) < 4.78 is 0. The van der Waals surface area contributed by atoms with Crippen LogP contribution in [0.15, 0.2) is 0 Å². The third-order valence-corrected chi connectivity index (χ3v) is 4.75. The van der Waals surface area contributed by atoms with Gasteiger partial charge in [-0.05, 0) is 44.7 Å². The third-order valence-electron chi connectivity index (χ3n) is 4.75. The number of likely N-dealkylation sites (N-methyl/N-ethyl adjacent to an activating group) is 1. The average molecular weight is 238 g/mol. The van der Waals surface area contributed by atoms with E-state index in [2.05, 4.69) is 31.1 Å². The zero-order chi connectivity index (χ0) is 12.3. The van der Waals surface area contributed by atoms with Crippen LogP contribution in [-0.2, 0) is 0 Å². The summed E-state index contributed by atoms with van der Waals surface area (Å²) in [6, 6.07) is 1.52. The van der Waals surface area contributed by atoms with E-state index in [-0.39, 0.29) is 0 Å². The van der Waals surface area contributed by atoms with Crippen LogP contribution in [0.2, 0.25) is 0 Å². The third kappa shape index (κ3) is 3.45. The fourth-order valence-electron chi connectivity index (χ4n) is 3.81. The Bertz CT molecular complexity index is 237. The van der Waals surface area contributed by atoms with Crippen LogP contribution < -0.4 is 5.32 Å². The van der Waals surface area contributed by atoms with Crippen molar-refractivity contribution in [1.29, 1.82) is 0 Å². The maximum atomic E-state index is 3.58. The van der Waals surface area contributed by atoms with Gasteiger partial charge in [-0.2, -0.15) is 0 Å². The molecule has 1 heterocycles. The van der Waals surface area contributed by atoms with Crippen molar-refractivity contribution in [3.05, 3.63) is 0 Å². The normalized spacial score (nSPS) is 35.5. The van der Waals surface area contributed by atoms with Gasteiger partial charge in [0, 0.05) is 18.6 Å². The zero-order valence-corrected chi connectivity index (χ0v) is 12.0. The molecule has 2 atom stereocenters. The molecule has 0 spiro atoms. The van der Waals surface area contributed by atoms with Crippen LogP contribution in [0, 0.1) is 5.41 Å². The van der Waals surface area contributed by atoms with E-state index in [1.165, 1.54) is 58.0 Å². The van der Waals surface area contributed by atoms with E-state index < -0.39 is 0 Å². The first kappa shape index (κ1) is 13.4. The first-order valence-corrected chi connectivity index (χ1v) is 7.54. The van der Waals surface area contributed by atoms with Crippen molar-refractivity contribution in [1.82, 2.24) is 10.2 Å². The van der Waals surface area contributed by atoms with Crippen LogP contribution >= 0.6 is 0 Å². The molecule has 2 nitrogen and oxygen atoms in total. The highest BCUT2D eigenvalue weighted by Gasteiger charge is 2.34. The molecule has 17 heavy (non-hydrogen) atoms. The van der Waals surface area contributed by atoms with Crippen molar-refractivity contribution in [2.24, 2.45) is 5.41 Å². The lowest BCUT2D eigenvalue weighted by atomic mass is 9.82. The molecule has 2 heteroatoms. The Balaban J connectivity index is 2.02. The van der Waals surface area contributed by atoms with Gasteiger partial charge in [0.25, 0.3) is 0 Å². The average Bonchev–Trinajstić information content (AvgIpc) is 2.52. The number of nitrogens with zero attached hydrogens (tertiary/aromatic N) is 1. The summed E-state index contributed by atoms with van der Waals surface area (Å²) in [6.07, 6.45) is 9.85. The van der Waals surface area contributed by atoms with Gasteiger partial charge in [-0.15, -0.1) is 0 Å². The van der Waals surface area contributed by atoms with E-state index in [0.29, 0.717) is 5.41 Å². The molecule has 2 rings (SSSR count). The van der Waals surface area contributed by atoms with Gasteiger partial charge in [-0.25, -0.2) is 0 Å². The van der Waals surface area contributed by atoms with E-state index in [4.69, 9.17) is 0 Å². The minimum absolute atomic E-state index is 0.531. The van der Waals surface area contributed by atoms with Crippen molar-refractivity contribution in [2.75, 3.05) is 20.1 Å². The highest BCUT2D eigenvalue weighted by atomic mass is 15.2. The molecular formula is C15H30N2. The molecule has 1 saturated heterocycles. The van der Waals surface area contributed by atoms with Crippen LogP contribution in [0.4, 0.5) is 0 Å². The monoisotopic (exact) mass is 238 g/mol. The van der Waals surface area contributed by atoms with Crippen molar-refractivity contribution < 1.29 is 0 Å². The van der Waals surface area contributed by atoms with Gasteiger partial charge < -0.3 is 5.32 Å². The topological polar surface area (TPSA) is 15.3 Å². The Morgan fingerprint density at radius 1 is 1.06 bits per heavy atom. The van der Waals surface area contributed by atoms with Crippen LogP contribution in [0.25, 0.3) is 0 Å². The van der Waals surface area contributed by atoms with Crippen LogP contribution in [0.5, 0.6) is 0 Å². The standard InChI is InChI=1S/C15H30N2/c1-15(2)10-7-11-17(12-15)14-9-6-4-5-8-13(14)16-3/h13-14,16H,4-12H2,1-3H3. The SMILES string of the molecule is CNC1CCCCCC1N1CCCC(C)(C)C1. The molecule has 0 aromatic rings. The minimum Gasteiger partial charge on any atom is -0.315 e. The molecule has 1 aliphatic carbocycles. The summed E-state index contributed by atoms with van der Waals surface area (Å²) >= 11 is 0. The second-order valence-electron chi connectivity index (χ2n) is 6.84. The van der Waals surface area contributed by atoms with Crippen LogP contribution in [-0.4, -0.2) is 37.1 Å². The van der Waals surface area contributed by atoms with E-state index in [9.17, 15) is 0 Å². The number of hydrogen-bond acceptors (Lipinski definition) is 2. The second-order valence-corrected chi connectivity index (χ2v) is 6.84. The summed E-state index contributed by atoms with van der Waals surface area (Å²) in [5, 5.41) is 3.58. The first-order valence-electron chi connectivity index (χ1n) is 7.54. The molecule has 2 fully saturated rings. The zero-order valence-electron chi connectivity index (χ0n) is 12.0. The second kappa shape index (κ2) is 5.71. The van der Waals surface area contributed by atoms with Crippen molar-refractivity contribution in [2.45, 2.75) is 70.9 Å². The number of piperidine rings is 1. The summed E-state index contributed by atoms with van der Waals surface area (Å²) in [6.45, 7) is 7.50. The van der Waals surface area contributed by atoms with Crippen molar-refractivity contribution in [3.63, 3.8) is 0 Å². The molecule has 0 amide bonds. The lowest BCUT2D eigenvalue weighted by Gasteiger charge is -2.44. The molecule has 0 radical (unpaired) electrons. The van der Waals surface area contributed by atoms with E-state index in [0.717, 1.165) is 12.1 Å². The Morgan fingerprint density at radius 3 is 2.53 bits per heavy atom. The Hall–Kier alpha value is -0.0800. The maximum Gasteiger partial charge on any atom is 0.0249 e. The number of hydrogen-bond donors (Lipinski definition) is 1. The van der Waals surface area contributed by atoms with Crippen LogP contribution in [0.3, 0.4) is 0 Å². The maximum absolute atomic E-state index is 3.58. The van der Waals surface area contributed by atoms with E-state index >= 15 is 0 Å². The highest BCUT2D eigenvalue weighted by Crippen LogP contribution is 2.32. The lowest BCUT2D eigenvalue weighted by Crippen LogP contribution is -2.53. The van der Waals surface area contributed by atoms with E-state index in [1.807, 2.05) is 0 Å². The molecular weight excluding hydrogens is 208 g/mol. The highest BCUT2D eigenvalue weighted by molar-refractivity contribution is 4.90. The molecule has 1 N–H and O–H groups in total. The molecule has 1 saturated carbocycles. The van der Waals surface area contributed by atoms with Gasteiger partial charge in [0.05, 0.1) is 0 Å². The summed E-state index contributed by atoms with van der Waals surface area (Å²) in [5.74, 6) is 0. The number of likely N-dealkylation sites (tertiary alicyclic amines) is 1. The van der Waals surface area contributed by atoms with Gasteiger partial charge >= 0.3 is 0 Å². The van der Waals surface area contributed by atoms with Crippen LogP contribution in [0.1, 0.15) is 58.8 Å². The predicted octanol–water partition coefficient (Wildman–Crippen LogP) is 3.03. The quantitative estimate of drug-likeness (QED) is 0.744. The number of rotatable bonds is 2. The van der Waals surface area contributed by atoms with Gasteiger partial charge in [-0.3, -0.25) is 4.90 Å². The Kier molecular flexibility index (Phi) is 4.48. The first-order chi connectivity index (χ1) is 8.12. The predicted molar refractivity (Wildman–Crippen MR) is 74.3 cm³/mol. The molecule has 1 aliphatic heterocycles. The van der Waals surface area contributed by atoms with Gasteiger partial charge in [-0.1, -0.05) is 33.1 Å². The summed E-state index contributed by atoms with van der Waals surface area (Å²) in [4.78, 5) is 2.79. The lowest BCUT2D eigenvalue weighted by molar-refractivity contribution is 0.0587. The van der Waals surface area contributed by atoms with Gasteiger partial charge in [0.2, 0.25) is 0 Å². The van der Waals surface area contributed by atoms with Crippen molar-refractivity contribution in [3.8, 4) is 0 Å². The number of nitrogens with one attached hydrogen (secondary N) is 1. The summed E-state index contributed by atoms with van der Waals surface area (Å²) in [5.41, 5.74) is 0.531.